The zero-order valence-electron chi connectivity index (χ0n) is 19.9. The van der Waals surface area contributed by atoms with E-state index < -0.39 is 37.3 Å². The lowest BCUT2D eigenvalue weighted by atomic mass is 9.99. The second-order valence-electron chi connectivity index (χ2n) is 9.22. The fourth-order valence-electron chi connectivity index (χ4n) is 4.23. The molecule has 1 fully saturated rings. The van der Waals surface area contributed by atoms with Gasteiger partial charge in [0, 0.05) is 6.61 Å². The molecule has 1 rings (SSSR count). The molecule has 0 spiro atoms. The van der Waals surface area contributed by atoms with E-state index in [0.29, 0.717) is 6.61 Å². The van der Waals surface area contributed by atoms with Crippen molar-refractivity contribution in [3.05, 3.63) is 0 Å². The molecule has 5 atom stereocenters. The largest absolute Gasteiger partial charge is 0.394 e. The Hall–Kier alpha value is -0.240. The fourth-order valence-corrected chi connectivity index (χ4v) is 4.23. The average molecular weight is 447 g/mol. The Balaban J connectivity index is 1.84. The summed E-state index contributed by atoms with van der Waals surface area (Å²) in [5.41, 5.74) is 0. The lowest BCUT2D eigenvalue weighted by Gasteiger charge is -2.39. The first-order valence-electron chi connectivity index (χ1n) is 13.0. The van der Waals surface area contributed by atoms with Crippen molar-refractivity contribution in [1.82, 2.24) is 0 Å². The van der Waals surface area contributed by atoms with E-state index >= 15 is 0 Å². The summed E-state index contributed by atoms with van der Waals surface area (Å²) in [5, 5.41) is 38.6. The molecule has 0 unspecified atom stereocenters. The van der Waals surface area contributed by atoms with Crippen LogP contribution in [0.3, 0.4) is 0 Å². The molecule has 0 amide bonds. The Labute approximate surface area is 190 Å². The van der Waals surface area contributed by atoms with Crippen LogP contribution in [0.1, 0.15) is 116 Å². The monoisotopic (exact) mass is 446 g/mol. The van der Waals surface area contributed by atoms with Gasteiger partial charge in [0.1, 0.15) is 24.4 Å². The first-order valence-corrected chi connectivity index (χ1v) is 13.0. The topological polar surface area (TPSA) is 99.4 Å². The molecule has 0 aromatic carbocycles. The molecular weight excluding hydrogens is 396 g/mol. The minimum Gasteiger partial charge on any atom is -0.394 e. The van der Waals surface area contributed by atoms with Crippen molar-refractivity contribution in [3.8, 4) is 0 Å². The van der Waals surface area contributed by atoms with Crippen LogP contribution in [0.4, 0.5) is 0 Å². The van der Waals surface area contributed by atoms with E-state index in [1.54, 1.807) is 0 Å². The fraction of sp³-hybridized carbons (Fsp3) is 1.00. The van der Waals surface area contributed by atoms with Gasteiger partial charge in [0.05, 0.1) is 6.61 Å². The molecule has 4 N–H and O–H groups in total. The maximum Gasteiger partial charge on any atom is 0.186 e. The third-order valence-electron chi connectivity index (χ3n) is 6.38. The number of aliphatic hydroxyl groups is 4. The van der Waals surface area contributed by atoms with Crippen LogP contribution in [-0.2, 0) is 9.47 Å². The Bertz CT molecular complexity index is 392. The van der Waals surface area contributed by atoms with Crippen molar-refractivity contribution in [2.24, 2.45) is 0 Å². The van der Waals surface area contributed by atoms with Crippen LogP contribution < -0.4 is 0 Å². The summed E-state index contributed by atoms with van der Waals surface area (Å²) in [4.78, 5) is 0. The van der Waals surface area contributed by atoms with Crippen molar-refractivity contribution in [1.29, 1.82) is 0 Å². The highest BCUT2D eigenvalue weighted by atomic mass is 16.7. The van der Waals surface area contributed by atoms with Gasteiger partial charge in [0.15, 0.2) is 6.29 Å². The highest BCUT2D eigenvalue weighted by molar-refractivity contribution is 4.88. The molecule has 1 aliphatic rings. The molecule has 6 nitrogen and oxygen atoms in total. The van der Waals surface area contributed by atoms with Crippen molar-refractivity contribution >= 4 is 0 Å². The molecule has 31 heavy (non-hydrogen) atoms. The van der Waals surface area contributed by atoms with Gasteiger partial charge < -0.3 is 29.9 Å². The summed E-state index contributed by atoms with van der Waals surface area (Å²) < 4.78 is 10.8. The Morgan fingerprint density at radius 3 is 1.42 bits per heavy atom. The van der Waals surface area contributed by atoms with Crippen LogP contribution in [0.5, 0.6) is 0 Å². The van der Waals surface area contributed by atoms with E-state index in [0.717, 1.165) is 12.8 Å². The average Bonchev–Trinajstić information content (AvgIpc) is 2.78. The quantitative estimate of drug-likeness (QED) is 0.206. The van der Waals surface area contributed by atoms with Crippen molar-refractivity contribution in [3.63, 3.8) is 0 Å². The van der Waals surface area contributed by atoms with E-state index in [4.69, 9.17) is 9.47 Å². The van der Waals surface area contributed by atoms with E-state index in [2.05, 4.69) is 6.92 Å². The highest BCUT2D eigenvalue weighted by Crippen LogP contribution is 2.22. The number of aliphatic hydroxyl groups excluding tert-OH is 4. The van der Waals surface area contributed by atoms with Gasteiger partial charge in [-0.05, 0) is 6.42 Å². The molecule has 0 bridgehead atoms. The molecule has 1 aliphatic heterocycles. The van der Waals surface area contributed by atoms with Gasteiger partial charge in [-0.15, -0.1) is 0 Å². The van der Waals surface area contributed by atoms with Gasteiger partial charge in [-0.1, -0.05) is 110 Å². The summed E-state index contributed by atoms with van der Waals surface area (Å²) in [7, 11) is 0. The number of rotatable bonds is 20. The third kappa shape index (κ3) is 13.2. The molecule has 0 aromatic heterocycles. The Morgan fingerprint density at radius 2 is 1.00 bits per heavy atom. The standard InChI is InChI=1S/C25H50O6/c1-2-3-4-5-6-7-8-9-10-11-12-13-14-15-16-17-18-19-30-25-24(29)23(28)22(27)21(20-26)31-25/h21-29H,2-20H2,1H3/t21-,22-,23+,24-,25-/m0/s1. The van der Waals surface area contributed by atoms with Crippen LogP contribution in [0.25, 0.3) is 0 Å². The summed E-state index contributed by atoms with van der Waals surface area (Å²) in [5.74, 6) is 0. The molecule has 0 aliphatic carbocycles. The number of unbranched alkanes of at least 4 members (excludes halogenated alkanes) is 16. The number of ether oxygens (including phenoxy) is 2. The lowest BCUT2D eigenvalue weighted by molar-refractivity contribution is -0.301. The van der Waals surface area contributed by atoms with Crippen LogP contribution in [0.15, 0.2) is 0 Å². The molecule has 0 aromatic rings. The summed E-state index contributed by atoms with van der Waals surface area (Å²) in [6.07, 6.45) is 16.4. The Kier molecular flexibility index (Phi) is 17.9. The molecular formula is C25H50O6. The van der Waals surface area contributed by atoms with E-state index in [9.17, 15) is 20.4 Å². The summed E-state index contributed by atoms with van der Waals surface area (Å²) >= 11 is 0. The Morgan fingerprint density at radius 1 is 0.581 bits per heavy atom. The second-order valence-corrected chi connectivity index (χ2v) is 9.22. The molecule has 0 saturated carbocycles. The molecule has 1 saturated heterocycles. The van der Waals surface area contributed by atoms with Crippen LogP contribution in [-0.4, -0.2) is 64.3 Å². The van der Waals surface area contributed by atoms with Gasteiger partial charge in [-0.2, -0.15) is 0 Å². The maximum atomic E-state index is 9.92. The summed E-state index contributed by atoms with van der Waals surface area (Å²) in [6, 6.07) is 0. The van der Waals surface area contributed by atoms with Gasteiger partial charge in [0.25, 0.3) is 0 Å². The lowest BCUT2D eigenvalue weighted by Crippen LogP contribution is -2.59. The molecule has 0 radical (unpaired) electrons. The van der Waals surface area contributed by atoms with E-state index in [-0.39, 0.29) is 0 Å². The zero-order chi connectivity index (χ0) is 22.7. The highest BCUT2D eigenvalue weighted by Gasteiger charge is 2.43. The van der Waals surface area contributed by atoms with Crippen molar-refractivity contribution in [2.75, 3.05) is 13.2 Å². The van der Waals surface area contributed by atoms with Gasteiger partial charge in [0.2, 0.25) is 0 Å². The predicted molar refractivity (Wildman–Crippen MR) is 124 cm³/mol. The number of hydrogen-bond donors (Lipinski definition) is 4. The van der Waals surface area contributed by atoms with Crippen LogP contribution in [0.2, 0.25) is 0 Å². The van der Waals surface area contributed by atoms with Gasteiger partial charge in [-0.25, -0.2) is 0 Å². The number of hydrogen-bond acceptors (Lipinski definition) is 6. The molecule has 1 heterocycles. The SMILES string of the molecule is CCCCCCCCCCCCCCCCCCCO[C@H]1O[C@@H](CO)[C@H](O)[C@@H](O)[C@@H]1O. The van der Waals surface area contributed by atoms with Crippen molar-refractivity contribution < 1.29 is 29.9 Å². The van der Waals surface area contributed by atoms with Gasteiger partial charge >= 0.3 is 0 Å². The zero-order valence-corrected chi connectivity index (χ0v) is 19.9. The maximum absolute atomic E-state index is 9.92. The van der Waals surface area contributed by atoms with E-state index in [1.807, 2.05) is 0 Å². The van der Waals surface area contributed by atoms with Crippen LogP contribution in [0, 0.1) is 0 Å². The molecule has 6 heteroatoms. The second kappa shape index (κ2) is 19.2. The minimum absolute atomic E-state index is 0.427. The predicted octanol–water partition coefficient (Wildman–Crippen LogP) is 4.45. The minimum atomic E-state index is -1.37. The normalized spacial score (nSPS) is 26.4. The first kappa shape index (κ1) is 28.8. The first-order chi connectivity index (χ1) is 15.1. The smallest absolute Gasteiger partial charge is 0.186 e. The van der Waals surface area contributed by atoms with Gasteiger partial charge in [-0.3, -0.25) is 0 Å². The van der Waals surface area contributed by atoms with Crippen LogP contribution >= 0.6 is 0 Å². The third-order valence-corrected chi connectivity index (χ3v) is 6.38. The van der Waals surface area contributed by atoms with E-state index in [1.165, 1.54) is 96.3 Å². The molecule has 186 valence electrons. The summed E-state index contributed by atoms with van der Waals surface area (Å²) in [6.45, 7) is 2.28. The van der Waals surface area contributed by atoms with Crippen molar-refractivity contribution in [2.45, 2.75) is 147 Å².